The fourth-order valence-corrected chi connectivity index (χ4v) is 7.95. The Morgan fingerprint density at radius 1 is 1.10 bits per heavy atom. The molecule has 0 N–H and O–H groups in total. The molecule has 0 aromatic rings. The number of hydrogen-bond donors (Lipinski definition) is 0. The van der Waals surface area contributed by atoms with Crippen LogP contribution in [0.4, 0.5) is 0 Å². The fourth-order valence-electron chi connectivity index (χ4n) is 0.989. The van der Waals surface area contributed by atoms with Crippen molar-refractivity contribution >= 4 is 42.1 Å². The summed E-state index contributed by atoms with van der Waals surface area (Å²) >= 11 is 0. The molecule has 0 heterocycles. The summed E-state index contributed by atoms with van der Waals surface area (Å²) in [6.45, 7) is 16.0. The number of rotatable bonds is 11. The van der Waals surface area contributed by atoms with Crippen molar-refractivity contribution in [1.29, 1.82) is 0 Å². The maximum atomic E-state index is 11.1. The van der Waals surface area contributed by atoms with E-state index >= 15 is 0 Å². The van der Waals surface area contributed by atoms with E-state index < -0.39 is 22.6 Å². The van der Waals surface area contributed by atoms with Crippen LogP contribution in [0.1, 0.15) is 6.92 Å². The molecular weight excluding hydrogens is 336 g/mol. The van der Waals surface area contributed by atoms with Crippen LogP contribution >= 0.6 is 0 Å². The first-order chi connectivity index (χ1) is 9.53. The number of esters is 1. The molecule has 0 aliphatic heterocycles. The van der Waals surface area contributed by atoms with E-state index in [4.69, 9.17) is 17.7 Å². The van der Waals surface area contributed by atoms with Crippen molar-refractivity contribution in [2.45, 2.75) is 45.3 Å². The maximum absolute atomic E-state index is 11.1. The van der Waals surface area contributed by atoms with Crippen molar-refractivity contribution < 1.29 is 22.5 Å². The molecule has 0 unspecified atom stereocenters. The lowest BCUT2D eigenvalue weighted by atomic mass is 10.4. The first-order valence-corrected chi connectivity index (χ1v) is 15.5. The van der Waals surface area contributed by atoms with Crippen LogP contribution in [0.15, 0.2) is 12.2 Å². The Morgan fingerprint density at radius 2 is 1.71 bits per heavy atom. The Balaban J connectivity index is 3.66. The molecule has 0 bridgehead atoms. The number of hydrogen-bond acceptors (Lipinski definition) is 5. The van der Waals surface area contributed by atoms with Gasteiger partial charge in [-0.2, -0.15) is 0 Å². The van der Waals surface area contributed by atoms with Gasteiger partial charge in [0.1, 0.15) is 0 Å². The third kappa shape index (κ3) is 13.3. The Hall–Kier alpha value is -0.0425. The highest BCUT2D eigenvalue weighted by molar-refractivity contribution is 6.83. The predicted molar refractivity (Wildman–Crippen MR) is 91.0 cm³/mol. The van der Waals surface area contributed by atoms with Crippen LogP contribution in [0.5, 0.6) is 0 Å². The zero-order chi connectivity index (χ0) is 16.5. The Morgan fingerprint density at radius 3 is 2.24 bits per heavy atom. The molecule has 0 saturated carbocycles. The number of carbonyl (C=O) groups is 1. The lowest BCUT2D eigenvalue weighted by Crippen LogP contribution is -2.38. The van der Waals surface area contributed by atoms with Gasteiger partial charge in [0.15, 0.2) is 23.4 Å². The van der Waals surface area contributed by atoms with Crippen LogP contribution in [0.25, 0.3) is 0 Å². The first kappa shape index (κ1) is 21.0. The smallest absolute Gasteiger partial charge is 0.335 e. The summed E-state index contributed by atoms with van der Waals surface area (Å²) in [6, 6.07) is 0. The number of ether oxygens (including phenoxy) is 2. The Kier molecular flexibility index (Phi) is 9.85. The van der Waals surface area contributed by atoms with Gasteiger partial charge in [0, 0.05) is 5.57 Å². The molecule has 0 rings (SSSR count). The van der Waals surface area contributed by atoms with Crippen LogP contribution < -0.4 is 0 Å². The highest BCUT2D eigenvalue weighted by Crippen LogP contribution is 2.11. The van der Waals surface area contributed by atoms with Gasteiger partial charge in [-0.15, -0.1) is 0 Å². The second-order valence-electron chi connectivity index (χ2n) is 6.22. The molecule has 0 spiro atoms. The quantitative estimate of drug-likeness (QED) is 0.186. The van der Waals surface area contributed by atoms with Crippen LogP contribution in [0, 0.1) is 0 Å². The Labute approximate surface area is 135 Å². The zero-order valence-electron chi connectivity index (χ0n) is 13.9. The van der Waals surface area contributed by atoms with E-state index in [1.54, 1.807) is 6.92 Å². The van der Waals surface area contributed by atoms with E-state index in [0.717, 1.165) is 5.67 Å². The maximum Gasteiger partial charge on any atom is 0.335 e. The summed E-state index contributed by atoms with van der Waals surface area (Å²) < 4.78 is 21.8. The van der Waals surface area contributed by atoms with Gasteiger partial charge in [-0.25, -0.2) is 4.79 Å². The molecule has 9 heteroatoms. The molecule has 0 aliphatic carbocycles. The molecule has 0 aromatic heterocycles. The van der Waals surface area contributed by atoms with Crippen molar-refractivity contribution in [3.8, 4) is 0 Å². The second kappa shape index (κ2) is 9.87. The Bertz CT molecular complexity index is 341. The first-order valence-electron chi connectivity index (χ1n) is 6.75. The standard InChI is InChI=1S/C12H26O5Si4/c1-11(2)12(13)15-8-14-9-18-17-21(6,7)10-19-16-20(3,4)5/h1,8-10H2,2-7H3. The van der Waals surface area contributed by atoms with E-state index in [1.165, 1.54) is 0 Å². The summed E-state index contributed by atoms with van der Waals surface area (Å²) in [4.78, 5) is 11.1. The summed E-state index contributed by atoms with van der Waals surface area (Å²) in [5, 5.41) is 0. The van der Waals surface area contributed by atoms with Crippen molar-refractivity contribution in [1.82, 2.24) is 0 Å². The molecule has 0 atom stereocenters. The fraction of sp³-hybridized carbons (Fsp3) is 0.750. The minimum absolute atomic E-state index is 0.0511. The van der Waals surface area contributed by atoms with Gasteiger partial charge in [0.05, 0.1) is 6.23 Å². The molecule has 0 fully saturated rings. The monoisotopic (exact) mass is 362 g/mol. The van der Waals surface area contributed by atoms with E-state index in [2.05, 4.69) is 39.3 Å². The van der Waals surface area contributed by atoms with Crippen LogP contribution in [0.2, 0.25) is 38.4 Å². The number of carbonyl (C=O) groups excluding carboxylic acids is 1. The predicted octanol–water partition coefficient (Wildman–Crippen LogP) is 2.31. The largest absolute Gasteiger partial charge is 0.456 e. The van der Waals surface area contributed by atoms with Gasteiger partial charge >= 0.3 is 5.97 Å². The average molecular weight is 363 g/mol. The van der Waals surface area contributed by atoms with Gasteiger partial charge < -0.3 is 17.7 Å². The average Bonchev–Trinajstić information content (AvgIpc) is 2.30. The van der Waals surface area contributed by atoms with Crippen LogP contribution in [-0.4, -0.2) is 55.2 Å². The van der Waals surface area contributed by atoms with Crippen molar-refractivity contribution in [3.05, 3.63) is 12.2 Å². The van der Waals surface area contributed by atoms with E-state index in [-0.39, 0.29) is 16.6 Å². The van der Waals surface area contributed by atoms with Crippen LogP contribution in [-0.2, 0) is 22.5 Å². The molecule has 120 valence electrons. The molecule has 4 radical (unpaired) electrons. The third-order valence-electron chi connectivity index (χ3n) is 2.01. The highest BCUT2D eigenvalue weighted by atomic mass is 28.4. The molecule has 0 saturated heterocycles. The summed E-state index contributed by atoms with van der Waals surface area (Å²) in [7, 11) is -2.32. The minimum Gasteiger partial charge on any atom is -0.456 e. The normalized spacial score (nSPS) is 12.3. The molecule has 0 aliphatic rings. The molecule has 21 heavy (non-hydrogen) atoms. The zero-order valence-corrected chi connectivity index (χ0v) is 17.9. The summed E-state index contributed by atoms with van der Waals surface area (Å²) in [6.07, 6.45) is 0.442. The molecule has 0 amide bonds. The van der Waals surface area contributed by atoms with Gasteiger partial charge in [0.2, 0.25) is 19.5 Å². The van der Waals surface area contributed by atoms with Gasteiger partial charge in [-0.05, 0) is 45.3 Å². The van der Waals surface area contributed by atoms with E-state index in [0.29, 0.717) is 21.6 Å². The van der Waals surface area contributed by atoms with Gasteiger partial charge in [0.25, 0.3) is 0 Å². The van der Waals surface area contributed by atoms with E-state index in [1.807, 2.05) is 0 Å². The topological polar surface area (TPSA) is 54.0 Å². The molecular formula is C12H26O5Si4. The second-order valence-corrected chi connectivity index (χ2v) is 17.9. The summed E-state index contributed by atoms with van der Waals surface area (Å²) in [5.74, 6) is -0.432. The lowest BCUT2D eigenvalue weighted by molar-refractivity contribution is -0.150. The highest BCUT2D eigenvalue weighted by Gasteiger charge is 2.24. The molecule has 0 aromatic carbocycles. The summed E-state index contributed by atoms with van der Waals surface area (Å²) in [5.41, 5.74) is 1.38. The van der Waals surface area contributed by atoms with Gasteiger partial charge in [-0.1, -0.05) is 6.58 Å². The van der Waals surface area contributed by atoms with Crippen LogP contribution in [0.3, 0.4) is 0 Å². The SMILES string of the molecule is C=C(C)C(=O)OCOC[Si]O[Si](C)(C)C[Si]O[Si](C)(C)C. The van der Waals surface area contributed by atoms with Crippen molar-refractivity contribution in [2.24, 2.45) is 0 Å². The van der Waals surface area contributed by atoms with Gasteiger partial charge in [-0.3, -0.25) is 0 Å². The van der Waals surface area contributed by atoms with Crippen molar-refractivity contribution in [2.75, 3.05) is 13.0 Å². The van der Waals surface area contributed by atoms with Crippen molar-refractivity contribution in [3.63, 3.8) is 0 Å². The molecule has 5 nitrogen and oxygen atoms in total. The minimum atomic E-state index is -1.68. The van der Waals surface area contributed by atoms with E-state index in [9.17, 15) is 4.79 Å². The third-order valence-corrected chi connectivity index (χ3v) is 12.1. The lowest BCUT2D eigenvalue weighted by Gasteiger charge is -2.24.